The Hall–Kier alpha value is -2.63. The van der Waals surface area contributed by atoms with E-state index in [9.17, 15) is 24.4 Å². The van der Waals surface area contributed by atoms with E-state index in [0.717, 1.165) is 12.8 Å². The fraction of sp³-hybridized carbons (Fsp3) is 0.815. The summed E-state index contributed by atoms with van der Waals surface area (Å²) in [4.78, 5) is 49.4. The zero-order valence-electron chi connectivity index (χ0n) is 22.4. The van der Waals surface area contributed by atoms with Crippen molar-refractivity contribution in [3.63, 3.8) is 0 Å². The lowest BCUT2D eigenvalue weighted by molar-refractivity contribution is -0.260. The fourth-order valence-corrected chi connectivity index (χ4v) is 8.07. The predicted octanol–water partition coefficient (Wildman–Crippen LogP) is 3.58. The normalized spacial score (nSPS) is 41.5. The number of carbonyl (C=O) groups excluding carboxylic acids is 4. The summed E-state index contributed by atoms with van der Waals surface area (Å²) in [7, 11) is 1.37. The number of esters is 4. The van der Waals surface area contributed by atoms with Crippen LogP contribution in [0.15, 0.2) is 0 Å². The lowest BCUT2D eigenvalue weighted by Crippen LogP contribution is -2.69. The van der Waals surface area contributed by atoms with Gasteiger partial charge < -0.3 is 18.9 Å². The van der Waals surface area contributed by atoms with Crippen LogP contribution in [-0.4, -0.2) is 49.3 Å². The summed E-state index contributed by atoms with van der Waals surface area (Å²) in [6.45, 7) is 9.86. The van der Waals surface area contributed by atoms with Crippen molar-refractivity contribution in [2.45, 2.75) is 92.0 Å². The molecule has 0 aromatic carbocycles. The van der Waals surface area contributed by atoms with Gasteiger partial charge in [0.25, 0.3) is 0 Å². The van der Waals surface area contributed by atoms with E-state index >= 15 is 0 Å². The average molecular weight is 506 g/mol. The topological polar surface area (TPSA) is 129 Å². The van der Waals surface area contributed by atoms with Crippen LogP contribution in [0.2, 0.25) is 0 Å². The first kappa shape index (κ1) is 27.9. The summed E-state index contributed by atoms with van der Waals surface area (Å²) in [5.41, 5.74) is -1.42. The van der Waals surface area contributed by atoms with Gasteiger partial charge in [-0.3, -0.25) is 19.2 Å². The molecule has 36 heavy (non-hydrogen) atoms. The monoisotopic (exact) mass is 505 g/mol. The van der Waals surface area contributed by atoms with E-state index in [1.165, 1.54) is 27.9 Å². The van der Waals surface area contributed by atoms with E-state index in [0.29, 0.717) is 12.8 Å². The van der Waals surface area contributed by atoms with Crippen LogP contribution in [-0.2, 0) is 38.1 Å². The molecule has 3 fully saturated rings. The minimum atomic E-state index is -0.964. The molecule has 0 radical (unpaired) electrons. The molecule has 0 saturated heterocycles. The SMILES string of the molecule is COC(=O)C1(C)CCC2C(CCC3C(C)C(OC(C)=O)C(OC(C)=O)C(OC(C)=O)C32C)C1CC#N. The van der Waals surface area contributed by atoms with Crippen molar-refractivity contribution >= 4 is 23.9 Å². The van der Waals surface area contributed by atoms with Crippen LogP contribution >= 0.6 is 0 Å². The zero-order valence-corrected chi connectivity index (χ0v) is 22.4. The number of fused-ring (bicyclic) bond motifs is 3. The van der Waals surface area contributed by atoms with E-state index < -0.39 is 47.0 Å². The van der Waals surface area contributed by atoms with Gasteiger partial charge in [0.1, 0.15) is 12.2 Å². The first-order valence-corrected chi connectivity index (χ1v) is 12.8. The number of carbonyl (C=O) groups is 4. The van der Waals surface area contributed by atoms with Crippen LogP contribution < -0.4 is 0 Å². The lowest BCUT2D eigenvalue weighted by atomic mass is 9.42. The third-order valence-electron chi connectivity index (χ3n) is 9.48. The van der Waals surface area contributed by atoms with Gasteiger partial charge in [0.2, 0.25) is 0 Å². The molecule has 3 rings (SSSR count). The Morgan fingerprint density at radius 1 is 0.889 bits per heavy atom. The Bertz CT molecular complexity index is 943. The van der Waals surface area contributed by atoms with Crippen molar-refractivity contribution in [1.82, 2.24) is 0 Å². The lowest BCUT2D eigenvalue weighted by Gasteiger charge is -2.64. The Morgan fingerprint density at radius 3 is 2.00 bits per heavy atom. The van der Waals surface area contributed by atoms with Crippen LogP contribution in [0.4, 0.5) is 0 Å². The van der Waals surface area contributed by atoms with Crippen molar-refractivity contribution in [2.75, 3.05) is 7.11 Å². The quantitative estimate of drug-likeness (QED) is 0.406. The highest BCUT2D eigenvalue weighted by molar-refractivity contribution is 5.77. The van der Waals surface area contributed by atoms with Gasteiger partial charge in [-0.2, -0.15) is 5.26 Å². The van der Waals surface area contributed by atoms with Crippen LogP contribution in [0.25, 0.3) is 0 Å². The molecule has 9 heteroatoms. The average Bonchev–Trinajstić information content (AvgIpc) is 2.79. The number of methoxy groups -OCH3 is 1. The van der Waals surface area contributed by atoms with Gasteiger partial charge in [0.15, 0.2) is 6.10 Å². The summed E-state index contributed by atoms with van der Waals surface area (Å²) in [5, 5.41) is 9.69. The van der Waals surface area contributed by atoms with Gasteiger partial charge in [0.05, 0.1) is 18.6 Å². The summed E-state index contributed by atoms with van der Waals surface area (Å²) < 4.78 is 22.5. The summed E-state index contributed by atoms with van der Waals surface area (Å²) in [5.74, 6) is -2.26. The van der Waals surface area contributed by atoms with Gasteiger partial charge in [-0.1, -0.05) is 13.8 Å². The van der Waals surface area contributed by atoms with Crippen LogP contribution in [0.5, 0.6) is 0 Å². The molecule has 0 aliphatic heterocycles. The van der Waals surface area contributed by atoms with E-state index in [4.69, 9.17) is 18.9 Å². The third kappa shape index (κ3) is 4.59. The second kappa shape index (κ2) is 10.4. The van der Waals surface area contributed by atoms with Crippen LogP contribution in [0.1, 0.15) is 73.6 Å². The van der Waals surface area contributed by atoms with Crippen molar-refractivity contribution < 1.29 is 38.1 Å². The largest absolute Gasteiger partial charge is 0.469 e. The zero-order chi connectivity index (χ0) is 27.0. The molecule has 0 N–H and O–H groups in total. The highest BCUT2D eigenvalue weighted by atomic mass is 16.6. The number of hydrogen-bond acceptors (Lipinski definition) is 9. The number of ether oxygens (including phenoxy) is 4. The third-order valence-corrected chi connectivity index (χ3v) is 9.48. The smallest absolute Gasteiger partial charge is 0.311 e. The Balaban J connectivity index is 2.14. The molecule has 200 valence electrons. The second-order valence-electron chi connectivity index (χ2n) is 11.3. The van der Waals surface area contributed by atoms with E-state index in [-0.39, 0.29) is 42.0 Å². The number of nitriles is 1. The minimum Gasteiger partial charge on any atom is -0.469 e. The Labute approximate surface area is 213 Å². The highest BCUT2D eigenvalue weighted by Crippen LogP contribution is 2.65. The molecule has 10 atom stereocenters. The molecule has 0 heterocycles. The maximum absolute atomic E-state index is 12.9. The van der Waals surface area contributed by atoms with Crippen molar-refractivity contribution in [1.29, 1.82) is 5.26 Å². The van der Waals surface area contributed by atoms with E-state index in [2.05, 4.69) is 13.0 Å². The van der Waals surface area contributed by atoms with Crippen molar-refractivity contribution in [3.05, 3.63) is 0 Å². The standard InChI is InChI=1S/C27H39NO8/c1-14-19-9-8-18-20(11-13-28)26(5,25(32)33-7)12-10-21(18)27(19,6)24(36-17(4)31)23(35-16(3)30)22(14)34-15(2)29/h14,18-24H,8-12H2,1-7H3. The van der Waals surface area contributed by atoms with Gasteiger partial charge >= 0.3 is 23.9 Å². The molecule has 0 aromatic rings. The van der Waals surface area contributed by atoms with Crippen molar-refractivity contribution in [3.8, 4) is 6.07 Å². The molecule has 0 spiro atoms. The van der Waals surface area contributed by atoms with E-state index in [1.807, 2.05) is 13.8 Å². The second-order valence-corrected chi connectivity index (χ2v) is 11.3. The summed E-state index contributed by atoms with van der Waals surface area (Å²) >= 11 is 0. The molecule has 0 aromatic heterocycles. The van der Waals surface area contributed by atoms with Gasteiger partial charge in [-0.15, -0.1) is 0 Å². The summed E-state index contributed by atoms with van der Waals surface area (Å²) in [6.07, 6.45) is 0.361. The first-order chi connectivity index (χ1) is 16.8. The molecule has 0 bridgehead atoms. The molecule has 10 unspecified atom stereocenters. The Kier molecular flexibility index (Phi) is 8.07. The maximum Gasteiger partial charge on any atom is 0.311 e. The van der Waals surface area contributed by atoms with Gasteiger partial charge in [-0.25, -0.2) is 0 Å². The van der Waals surface area contributed by atoms with Crippen LogP contribution in [0.3, 0.4) is 0 Å². The molecule has 3 aliphatic rings. The molecule has 3 aliphatic carbocycles. The fourth-order valence-electron chi connectivity index (χ4n) is 8.07. The molecule has 0 amide bonds. The van der Waals surface area contributed by atoms with Gasteiger partial charge in [0, 0.05) is 38.5 Å². The Morgan fingerprint density at radius 2 is 1.47 bits per heavy atom. The molecule has 9 nitrogen and oxygen atoms in total. The summed E-state index contributed by atoms with van der Waals surface area (Å²) in [6, 6.07) is 2.28. The van der Waals surface area contributed by atoms with Gasteiger partial charge in [-0.05, 0) is 56.3 Å². The van der Waals surface area contributed by atoms with E-state index in [1.54, 1.807) is 0 Å². The molecular weight excluding hydrogens is 466 g/mol. The predicted molar refractivity (Wildman–Crippen MR) is 127 cm³/mol. The number of nitrogens with zero attached hydrogens (tertiary/aromatic N) is 1. The number of hydrogen-bond donors (Lipinski definition) is 0. The molecular formula is C27H39NO8. The number of rotatable bonds is 5. The minimum absolute atomic E-state index is 0.00415. The molecule has 3 saturated carbocycles. The van der Waals surface area contributed by atoms with Crippen LogP contribution in [0, 0.1) is 51.8 Å². The first-order valence-electron chi connectivity index (χ1n) is 12.8. The van der Waals surface area contributed by atoms with Crippen molar-refractivity contribution in [2.24, 2.45) is 40.4 Å². The maximum atomic E-state index is 12.9. The highest BCUT2D eigenvalue weighted by Gasteiger charge is 2.67.